The van der Waals surface area contributed by atoms with Crippen LogP contribution < -0.4 is 10.5 Å². The molecule has 0 spiro atoms. The van der Waals surface area contributed by atoms with Gasteiger partial charge in [-0.2, -0.15) is 0 Å². The first kappa shape index (κ1) is 15.0. The van der Waals surface area contributed by atoms with Crippen LogP contribution in [-0.2, 0) is 6.42 Å². The number of rotatable bonds is 7. The fourth-order valence-corrected chi connectivity index (χ4v) is 2.44. The van der Waals surface area contributed by atoms with Crippen molar-refractivity contribution in [1.82, 2.24) is 0 Å². The van der Waals surface area contributed by atoms with E-state index in [1.807, 2.05) is 18.2 Å². The van der Waals surface area contributed by atoms with Crippen LogP contribution in [0.5, 0.6) is 5.75 Å². The third-order valence-corrected chi connectivity index (χ3v) is 3.80. The van der Waals surface area contributed by atoms with Crippen LogP contribution in [0.4, 0.5) is 0 Å². The highest BCUT2D eigenvalue weighted by molar-refractivity contribution is 5.34. The van der Waals surface area contributed by atoms with E-state index in [1.54, 1.807) is 7.11 Å². The largest absolute Gasteiger partial charge is 0.496 e. The van der Waals surface area contributed by atoms with Gasteiger partial charge < -0.3 is 15.6 Å². The second-order valence-electron chi connectivity index (χ2n) is 5.13. The summed E-state index contributed by atoms with van der Waals surface area (Å²) in [6.07, 6.45) is 2.44. The normalized spacial score (nSPS) is 16.1. The molecule has 2 atom stereocenters. The van der Waals surface area contributed by atoms with Crippen molar-refractivity contribution < 1.29 is 9.84 Å². The van der Waals surface area contributed by atoms with E-state index in [2.05, 4.69) is 19.9 Å². The van der Waals surface area contributed by atoms with Crippen LogP contribution in [-0.4, -0.2) is 24.9 Å². The number of hydrogen-bond acceptors (Lipinski definition) is 3. The van der Waals surface area contributed by atoms with Crippen molar-refractivity contribution >= 4 is 0 Å². The number of ether oxygens (including phenoxy) is 1. The molecule has 1 aromatic carbocycles. The van der Waals surface area contributed by atoms with E-state index < -0.39 is 0 Å². The number of para-hydroxylation sites is 1. The first-order chi connectivity index (χ1) is 8.57. The SMILES string of the molecule is CCC(N)C(C)(CCO)Cc1ccccc1OC. The third-order valence-electron chi connectivity index (χ3n) is 3.80. The zero-order valence-corrected chi connectivity index (χ0v) is 11.6. The van der Waals surface area contributed by atoms with Gasteiger partial charge in [0.1, 0.15) is 5.75 Å². The quantitative estimate of drug-likeness (QED) is 0.782. The van der Waals surface area contributed by atoms with Crippen LogP contribution in [0.1, 0.15) is 32.3 Å². The van der Waals surface area contributed by atoms with Crippen LogP contribution in [0.25, 0.3) is 0 Å². The highest BCUT2D eigenvalue weighted by Crippen LogP contribution is 2.34. The number of aliphatic hydroxyl groups is 1. The van der Waals surface area contributed by atoms with Crippen molar-refractivity contribution in [3.05, 3.63) is 29.8 Å². The maximum atomic E-state index is 9.26. The van der Waals surface area contributed by atoms with E-state index in [0.29, 0.717) is 6.42 Å². The van der Waals surface area contributed by atoms with Gasteiger partial charge in [-0.25, -0.2) is 0 Å². The summed E-state index contributed by atoms with van der Waals surface area (Å²) in [4.78, 5) is 0. The van der Waals surface area contributed by atoms with Gasteiger partial charge in [0.2, 0.25) is 0 Å². The maximum absolute atomic E-state index is 9.26. The lowest BCUT2D eigenvalue weighted by atomic mass is 9.74. The average molecular weight is 251 g/mol. The Morgan fingerprint density at radius 2 is 2.06 bits per heavy atom. The Morgan fingerprint density at radius 1 is 1.39 bits per heavy atom. The van der Waals surface area contributed by atoms with Crippen molar-refractivity contribution in [3.8, 4) is 5.75 Å². The minimum atomic E-state index is -0.0991. The Bertz CT molecular complexity index is 367. The summed E-state index contributed by atoms with van der Waals surface area (Å²) in [6.45, 7) is 4.39. The smallest absolute Gasteiger partial charge is 0.122 e. The molecular weight excluding hydrogens is 226 g/mol. The highest BCUT2D eigenvalue weighted by atomic mass is 16.5. The van der Waals surface area contributed by atoms with Gasteiger partial charge in [0, 0.05) is 12.6 Å². The Hall–Kier alpha value is -1.06. The Balaban J connectivity index is 2.95. The molecule has 0 bridgehead atoms. The molecule has 0 aliphatic heterocycles. The lowest BCUT2D eigenvalue weighted by Gasteiger charge is -2.35. The van der Waals surface area contributed by atoms with Crippen LogP contribution in [0, 0.1) is 5.41 Å². The average Bonchev–Trinajstić information content (AvgIpc) is 2.38. The second-order valence-corrected chi connectivity index (χ2v) is 5.13. The summed E-state index contributed by atoms with van der Waals surface area (Å²) in [6, 6.07) is 8.08. The standard InChI is InChI=1S/C15H25NO2/c1-4-14(16)15(2,9-10-17)11-12-7-5-6-8-13(12)18-3/h5-8,14,17H,4,9-11,16H2,1-3H3. The first-order valence-electron chi connectivity index (χ1n) is 6.55. The molecule has 102 valence electrons. The van der Waals surface area contributed by atoms with Crippen molar-refractivity contribution in [2.24, 2.45) is 11.1 Å². The minimum absolute atomic E-state index is 0.0783. The molecule has 1 rings (SSSR count). The number of methoxy groups -OCH3 is 1. The molecule has 0 fully saturated rings. The molecule has 0 aromatic heterocycles. The predicted octanol–water partition coefficient (Wildman–Crippen LogP) is 2.36. The molecule has 0 heterocycles. The summed E-state index contributed by atoms with van der Waals surface area (Å²) in [7, 11) is 1.68. The molecule has 0 aliphatic rings. The summed E-state index contributed by atoms with van der Waals surface area (Å²) < 4.78 is 5.38. The van der Waals surface area contributed by atoms with E-state index >= 15 is 0 Å². The Labute approximate surface area is 110 Å². The zero-order chi connectivity index (χ0) is 13.6. The minimum Gasteiger partial charge on any atom is -0.496 e. The molecule has 3 heteroatoms. The van der Waals surface area contributed by atoms with Crippen molar-refractivity contribution in [1.29, 1.82) is 0 Å². The number of benzene rings is 1. The van der Waals surface area contributed by atoms with Gasteiger partial charge in [-0.15, -0.1) is 0 Å². The van der Waals surface area contributed by atoms with Crippen LogP contribution >= 0.6 is 0 Å². The van der Waals surface area contributed by atoms with Gasteiger partial charge in [0.25, 0.3) is 0 Å². The van der Waals surface area contributed by atoms with Crippen molar-refractivity contribution in [3.63, 3.8) is 0 Å². The van der Waals surface area contributed by atoms with E-state index in [1.165, 1.54) is 0 Å². The van der Waals surface area contributed by atoms with Crippen molar-refractivity contribution in [2.45, 2.75) is 39.2 Å². The molecule has 0 radical (unpaired) electrons. The lowest BCUT2D eigenvalue weighted by Crippen LogP contribution is -2.41. The number of aliphatic hydroxyl groups excluding tert-OH is 1. The number of hydrogen-bond donors (Lipinski definition) is 2. The Kier molecular flexibility index (Phi) is 5.63. The van der Waals surface area contributed by atoms with Gasteiger partial charge in [0.15, 0.2) is 0 Å². The summed E-state index contributed by atoms with van der Waals surface area (Å²) in [5.41, 5.74) is 7.28. The lowest BCUT2D eigenvalue weighted by molar-refractivity contribution is 0.161. The molecule has 3 N–H and O–H groups in total. The molecule has 2 unspecified atom stereocenters. The van der Waals surface area contributed by atoms with Crippen LogP contribution in [0.3, 0.4) is 0 Å². The zero-order valence-electron chi connectivity index (χ0n) is 11.6. The number of nitrogens with two attached hydrogens (primary N) is 1. The van der Waals surface area contributed by atoms with Gasteiger partial charge in [0.05, 0.1) is 7.11 Å². The summed E-state index contributed by atoms with van der Waals surface area (Å²) in [5, 5.41) is 9.26. The van der Waals surface area contributed by atoms with Crippen LogP contribution in [0.15, 0.2) is 24.3 Å². The van der Waals surface area contributed by atoms with Gasteiger partial charge in [-0.3, -0.25) is 0 Å². The molecule has 1 aromatic rings. The first-order valence-corrected chi connectivity index (χ1v) is 6.55. The van der Waals surface area contributed by atoms with E-state index in [9.17, 15) is 5.11 Å². The predicted molar refractivity (Wildman–Crippen MR) is 74.8 cm³/mol. The Morgan fingerprint density at radius 3 is 2.61 bits per heavy atom. The van der Waals surface area contributed by atoms with Gasteiger partial charge in [-0.05, 0) is 36.3 Å². The molecule has 0 saturated carbocycles. The van der Waals surface area contributed by atoms with E-state index in [4.69, 9.17) is 10.5 Å². The molecular formula is C15H25NO2. The molecule has 3 nitrogen and oxygen atoms in total. The van der Waals surface area contributed by atoms with Gasteiger partial charge in [-0.1, -0.05) is 32.0 Å². The fraction of sp³-hybridized carbons (Fsp3) is 0.600. The summed E-state index contributed by atoms with van der Waals surface area (Å²) in [5.74, 6) is 0.893. The maximum Gasteiger partial charge on any atom is 0.122 e. The topological polar surface area (TPSA) is 55.5 Å². The van der Waals surface area contributed by atoms with Gasteiger partial charge >= 0.3 is 0 Å². The summed E-state index contributed by atoms with van der Waals surface area (Å²) >= 11 is 0. The van der Waals surface area contributed by atoms with E-state index in [-0.39, 0.29) is 18.1 Å². The molecule has 0 saturated heterocycles. The van der Waals surface area contributed by atoms with Crippen LogP contribution in [0.2, 0.25) is 0 Å². The molecule has 0 aliphatic carbocycles. The third kappa shape index (κ3) is 3.47. The fourth-order valence-electron chi connectivity index (χ4n) is 2.44. The second kappa shape index (κ2) is 6.76. The molecule has 0 amide bonds. The molecule has 18 heavy (non-hydrogen) atoms. The highest BCUT2D eigenvalue weighted by Gasteiger charge is 2.31. The van der Waals surface area contributed by atoms with Crippen molar-refractivity contribution in [2.75, 3.05) is 13.7 Å². The van der Waals surface area contributed by atoms with E-state index in [0.717, 1.165) is 24.2 Å². The monoisotopic (exact) mass is 251 g/mol.